The molecule has 5 nitrogen and oxygen atoms in total. The van der Waals surface area contributed by atoms with E-state index >= 15 is 0 Å². The third-order valence-electron chi connectivity index (χ3n) is 1.97. The third-order valence-corrected chi connectivity index (χ3v) is 1.97. The van der Waals surface area contributed by atoms with Crippen molar-refractivity contribution >= 4 is 11.9 Å². The number of carbonyl (C=O) groups is 1. The molecule has 0 fully saturated rings. The lowest BCUT2D eigenvalue weighted by atomic mass is 10.3. The minimum Gasteiger partial charge on any atom is -0.396 e. The van der Waals surface area contributed by atoms with Crippen molar-refractivity contribution in [1.29, 1.82) is 0 Å². The average molecular weight is 191 g/mol. The summed E-state index contributed by atoms with van der Waals surface area (Å²) in [5.74, 6) is 0.659. The molecular weight excluding hydrogens is 182 g/mol. The zero-order chi connectivity index (χ0) is 9.97. The quantitative estimate of drug-likeness (QED) is 0.697. The molecule has 0 amide bonds. The summed E-state index contributed by atoms with van der Waals surface area (Å²) in [7, 11) is 0. The van der Waals surface area contributed by atoms with Gasteiger partial charge in [0.05, 0.1) is 6.61 Å². The molecule has 0 saturated heterocycles. The van der Waals surface area contributed by atoms with E-state index < -0.39 is 0 Å². The van der Waals surface area contributed by atoms with Crippen molar-refractivity contribution in [2.24, 2.45) is 0 Å². The molecule has 0 bridgehead atoms. The maximum Gasteiger partial charge on any atom is 0.160 e. The first-order valence-corrected chi connectivity index (χ1v) is 4.25. The summed E-state index contributed by atoms with van der Waals surface area (Å²) >= 11 is 0. The SMILES string of the molecule is O=Cc1ccc2nnc(CCO)n2c1. The zero-order valence-electron chi connectivity index (χ0n) is 7.42. The summed E-state index contributed by atoms with van der Waals surface area (Å²) in [4.78, 5) is 10.5. The van der Waals surface area contributed by atoms with Crippen LogP contribution in [0.1, 0.15) is 16.2 Å². The molecule has 0 aliphatic rings. The molecule has 0 radical (unpaired) electrons. The molecule has 0 unspecified atom stereocenters. The van der Waals surface area contributed by atoms with Crippen LogP contribution in [-0.2, 0) is 6.42 Å². The van der Waals surface area contributed by atoms with E-state index in [1.165, 1.54) is 0 Å². The number of hydrogen-bond donors (Lipinski definition) is 1. The Balaban J connectivity index is 2.57. The second kappa shape index (κ2) is 3.55. The van der Waals surface area contributed by atoms with Crippen LogP contribution in [0.15, 0.2) is 18.3 Å². The van der Waals surface area contributed by atoms with E-state index in [1.807, 2.05) is 0 Å². The predicted molar refractivity (Wildman–Crippen MR) is 49.2 cm³/mol. The van der Waals surface area contributed by atoms with Gasteiger partial charge in [0.15, 0.2) is 11.9 Å². The van der Waals surface area contributed by atoms with Crippen molar-refractivity contribution in [3.05, 3.63) is 29.7 Å². The molecule has 14 heavy (non-hydrogen) atoms. The monoisotopic (exact) mass is 191 g/mol. The van der Waals surface area contributed by atoms with Crippen LogP contribution in [0, 0.1) is 0 Å². The van der Waals surface area contributed by atoms with E-state index in [9.17, 15) is 4.79 Å². The molecule has 1 N–H and O–H groups in total. The van der Waals surface area contributed by atoms with E-state index in [0.717, 1.165) is 6.29 Å². The molecule has 5 heteroatoms. The normalized spacial score (nSPS) is 10.6. The van der Waals surface area contributed by atoms with Crippen LogP contribution in [0.25, 0.3) is 5.65 Å². The zero-order valence-corrected chi connectivity index (χ0v) is 7.42. The van der Waals surface area contributed by atoms with Crippen LogP contribution in [0.5, 0.6) is 0 Å². The van der Waals surface area contributed by atoms with Gasteiger partial charge in [-0.3, -0.25) is 9.20 Å². The summed E-state index contributed by atoms with van der Waals surface area (Å²) < 4.78 is 1.71. The number of pyridine rings is 1. The van der Waals surface area contributed by atoms with Crippen LogP contribution in [0.4, 0.5) is 0 Å². The number of aldehydes is 1. The van der Waals surface area contributed by atoms with Crippen molar-refractivity contribution in [2.75, 3.05) is 6.61 Å². The Labute approximate surface area is 80.0 Å². The van der Waals surface area contributed by atoms with Gasteiger partial charge in [0.2, 0.25) is 0 Å². The van der Waals surface area contributed by atoms with Crippen molar-refractivity contribution in [1.82, 2.24) is 14.6 Å². The van der Waals surface area contributed by atoms with Gasteiger partial charge in [0.1, 0.15) is 5.82 Å². The fourth-order valence-corrected chi connectivity index (χ4v) is 1.29. The Morgan fingerprint density at radius 1 is 1.43 bits per heavy atom. The van der Waals surface area contributed by atoms with Gasteiger partial charge in [-0.15, -0.1) is 10.2 Å². The second-order valence-corrected chi connectivity index (χ2v) is 2.90. The summed E-state index contributed by atoms with van der Waals surface area (Å²) in [5.41, 5.74) is 1.25. The smallest absolute Gasteiger partial charge is 0.160 e. The number of fused-ring (bicyclic) bond motifs is 1. The van der Waals surface area contributed by atoms with Gasteiger partial charge in [0, 0.05) is 18.2 Å². The maximum atomic E-state index is 10.5. The lowest BCUT2D eigenvalue weighted by Crippen LogP contribution is -1.99. The van der Waals surface area contributed by atoms with Crippen molar-refractivity contribution < 1.29 is 9.90 Å². The summed E-state index contributed by atoms with van der Waals surface area (Å²) in [6, 6.07) is 3.40. The molecule has 2 aromatic heterocycles. The fourth-order valence-electron chi connectivity index (χ4n) is 1.29. The lowest BCUT2D eigenvalue weighted by Gasteiger charge is -1.97. The lowest BCUT2D eigenvalue weighted by molar-refractivity contribution is 0.112. The highest BCUT2D eigenvalue weighted by Crippen LogP contribution is 2.05. The van der Waals surface area contributed by atoms with E-state index in [0.29, 0.717) is 23.5 Å². The van der Waals surface area contributed by atoms with Gasteiger partial charge in [-0.25, -0.2) is 0 Å². The Bertz CT molecular complexity index is 464. The fraction of sp³-hybridized carbons (Fsp3) is 0.222. The molecule has 0 aliphatic heterocycles. The van der Waals surface area contributed by atoms with Gasteiger partial charge in [-0.05, 0) is 12.1 Å². The molecule has 2 rings (SSSR count). The molecule has 2 aromatic rings. The van der Waals surface area contributed by atoms with Gasteiger partial charge in [-0.1, -0.05) is 0 Å². The van der Waals surface area contributed by atoms with Crippen LogP contribution in [0.3, 0.4) is 0 Å². The molecule has 0 aliphatic carbocycles. The van der Waals surface area contributed by atoms with Crippen molar-refractivity contribution in [2.45, 2.75) is 6.42 Å². The number of carbonyl (C=O) groups excluding carboxylic acids is 1. The Hall–Kier alpha value is -1.75. The highest BCUT2D eigenvalue weighted by atomic mass is 16.3. The molecule has 2 heterocycles. The average Bonchev–Trinajstić information content (AvgIpc) is 2.61. The molecule has 0 atom stereocenters. The first kappa shape index (κ1) is 8.83. The molecular formula is C9H9N3O2. The first-order valence-electron chi connectivity index (χ1n) is 4.25. The highest BCUT2D eigenvalue weighted by Gasteiger charge is 2.04. The number of aliphatic hydroxyl groups is 1. The maximum absolute atomic E-state index is 10.5. The van der Waals surface area contributed by atoms with Gasteiger partial charge >= 0.3 is 0 Å². The number of rotatable bonds is 3. The second-order valence-electron chi connectivity index (χ2n) is 2.90. The van der Waals surface area contributed by atoms with E-state index in [4.69, 9.17) is 5.11 Å². The standard InChI is InChI=1S/C9H9N3O2/c13-4-3-9-11-10-8-2-1-7(6-14)5-12(8)9/h1-2,5-6,13H,3-4H2. The Morgan fingerprint density at radius 3 is 3.00 bits per heavy atom. The van der Waals surface area contributed by atoms with Crippen LogP contribution >= 0.6 is 0 Å². The van der Waals surface area contributed by atoms with Gasteiger partial charge in [-0.2, -0.15) is 0 Å². The minimum atomic E-state index is 0.0200. The highest BCUT2D eigenvalue weighted by molar-refractivity contribution is 5.74. The molecule has 0 spiro atoms. The van der Waals surface area contributed by atoms with Crippen LogP contribution < -0.4 is 0 Å². The number of nitrogens with zero attached hydrogens (tertiary/aromatic N) is 3. The third kappa shape index (κ3) is 1.38. The Kier molecular flexibility index (Phi) is 2.24. The molecule has 72 valence electrons. The topological polar surface area (TPSA) is 67.5 Å². The minimum absolute atomic E-state index is 0.0200. The number of aromatic nitrogens is 3. The van der Waals surface area contributed by atoms with E-state index in [1.54, 1.807) is 22.7 Å². The van der Waals surface area contributed by atoms with Gasteiger partial charge in [0.25, 0.3) is 0 Å². The van der Waals surface area contributed by atoms with Crippen molar-refractivity contribution in [3.8, 4) is 0 Å². The van der Waals surface area contributed by atoms with Crippen LogP contribution in [0.2, 0.25) is 0 Å². The number of hydrogen-bond acceptors (Lipinski definition) is 4. The largest absolute Gasteiger partial charge is 0.396 e. The first-order chi connectivity index (χ1) is 6.85. The predicted octanol–water partition coefficient (Wildman–Crippen LogP) is 0.0766. The van der Waals surface area contributed by atoms with E-state index in [2.05, 4.69) is 10.2 Å². The summed E-state index contributed by atoms with van der Waals surface area (Å²) in [6.07, 6.45) is 2.86. The molecule has 0 saturated carbocycles. The van der Waals surface area contributed by atoms with Crippen LogP contribution in [-0.4, -0.2) is 32.6 Å². The number of aliphatic hydroxyl groups excluding tert-OH is 1. The van der Waals surface area contributed by atoms with Gasteiger partial charge < -0.3 is 5.11 Å². The summed E-state index contributed by atoms with van der Waals surface area (Å²) in [5, 5.41) is 16.6. The summed E-state index contributed by atoms with van der Waals surface area (Å²) in [6.45, 7) is 0.0200. The van der Waals surface area contributed by atoms with E-state index in [-0.39, 0.29) is 6.61 Å². The molecule has 0 aromatic carbocycles. The Morgan fingerprint density at radius 2 is 2.29 bits per heavy atom. The van der Waals surface area contributed by atoms with Crippen molar-refractivity contribution in [3.63, 3.8) is 0 Å².